The van der Waals surface area contributed by atoms with Crippen molar-refractivity contribution in [3.05, 3.63) is 102 Å². The summed E-state index contributed by atoms with van der Waals surface area (Å²) in [5.41, 5.74) is 4.72. The molecule has 0 saturated heterocycles. The standard InChI is InChI=1S/C41H50N4O6S/c1-6-7-8-9-10-23-51-36-21-17-30(18-22-36)33-25-42-38(43-26-33)31-13-11-29(12-14-31)24-37(40(48)44-27-35(46)28-52(5,49)50)45-39(47)32-15-19-34(20-16-32)41(2,3)4/h11-22,25-26,37H,6-10,23-24,27-28H2,1-5H3,(H,44,48)(H,45,47)/t37-/m0/s1. The van der Waals surface area contributed by atoms with Crippen molar-refractivity contribution < 1.29 is 27.5 Å². The average molecular weight is 727 g/mol. The minimum Gasteiger partial charge on any atom is -0.494 e. The van der Waals surface area contributed by atoms with Gasteiger partial charge >= 0.3 is 0 Å². The number of sulfone groups is 1. The molecule has 52 heavy (non-hydrogen) atoms. The van der Waals surface area contributed by atoms with Crippen LogP contribution in [-0.4, -0.2) is 67.2 Å². The third-order valence-electron chi connectivity index (χ3n) is 8.53. The summed E-state index contributed by atoms with van der Waals surface area (Å²) in [5, 5.41) is 5.28. The molecule has 0 radical (unpaired) electrons. The number of rotatable bonds is 18. The van der Waals surface area contributed by atoms with E-state index < -0.39 is 45.8 Å². The molecule has 11 heteroatoms. The van der Waals surface area contributed by atoms with E-state index >= 15 is 0 Å². The molecule has 1 aromatic heterocycles. The van der Waals surface area contributed by atoms with Crippen molar-refractivity contribution in [3.63, 3.8) is 0 Å². The molecule has 2 N–H and O–H groups in total. The minimum atomic E-state index is -3.55. The van der Waals surface area contributed by atoms with E-state index in [1.165, 1.54) is 25.7 Å². The van der Waals surface area contributed by atoms with Gasteiger partial charge in [-0.15, -0.1) is 0 Å². The Balaban J connectivity index is 1.41. The zero-order valence-electron chi connectivity index (χ0n) is 30.8. The molecule has 0 aliphatic rings. The summed E-state index contributed by atoms with van der Waals surface area (Å²) in [5.74, 6) is -1.02. The van der Waals surface area contributed by atoms with E-state index in [2.05, 4.69) is 48.3 Å². The van der Waals surface area contributed by atoms with Crippen LogP contribution in [0.15, 0.2) is 85.2 Å². The van der Waals surface area contributed by atoms with Gasteiger partial charge in [-0.05, 0) is 52.8 Å². The molecule has 0 aliphatic heterocycles. The number of amides is 2. The lowest BCUT2D eigenvalue weighted by Gasteiger charge is -2.20. The van der Waals surface area contributed by atoms with Crippen molar-refractivity contribution >= 4 is 27.4 Å². The van der Waals surface area contributed by atoms with Gasteiger partial charge in [0.15, 0.2) is 21.4 Å². The molecule has 0 spiro atoms. The number of aromatic nitrogens is 2. The van der Waals surface area contributed by atoms with Gasteiger partial charge in [0.05, 0.1) is 13.2 Å². The molecule has 4 rings (SSSR count). The Kier molecular flexibility index (Phi) is 14.2. The molecule has 1 heterocycles. The van der Waals surface area contributed by atoms with Crippen LogP contribution < -0.4 is 15.4 Å². The highest BCUT2D eigenvalue weighted by molar-refractivity contribution is 7.91. The first-order chi connectivity index (χ1) is 24.7. The lowest BCUT2D eigenvalue weighted by molar-refractivity contribution is -0.125. The molecular weight excluding hydrogens is 677 g/mol. The Morgan fingerprint density at radius 2 is 1.40 bits per heavy atom. The number of nitrogens with zero attached hydrogens (tertiary/aromatic N) is 2. The number of hydrogen-bond acceptors (Lipinski definition) is 8. The highest BCUT2D eigenvalue weighted by Gasteiger charge is 2.24. The van der Waals surface area contributed by atoms with Gasteiger partial charge in [0, 0.05) is 41.8 Å². The third-order valence-corrected chi connectivity index (χ3v) is 9.37. The molecule has 0 saturated carbocycles. The summed E-state index contributed by atoms with van der Waals surface area (Å²) < 4.78 is 28.9. The van der Waals surface area contributed by atoms with Crippen LogP contribution in [-0.2, 0) is 31.3 Å². The van der Waals surface area contributed by atoms with Gasteiger partial charge in [0.25, 0.3) is 5.91 Å². The number of nitrogens with one attached hydrogen (secondary N) is 2. The van der Waals surface area contributed by atoms with Gasteiger partial charge in [-0.3, -0.25) is 14.4 Å². The first kappa shape index (κ1) is 39.9. The quantitative estimate of drug-likeness (QED) is 0.110. The zero-order chi connectivity index (χ0) is 37.7. The average Bonchev–Trinajstić information content (AvgIpc) is 3.11. The SMILES string of the molecule is CCCCCCCOc1ccc(-c2cnc(-c3ccc(C[C@H](NC(=O)c4ccc(C(C)(C)C)cc4)C(=O)NCC(=O)CS(C)(=O)=O)cc3)nc2)cc1. The maximum Gasteiger partial charge on any atom is 0.251 e. The maximum absolute atomic E-state index is 13.3. The van der Waals surface area contributed by atoms with Crippen molar-refractivity contribution in [1.29, 1.82) is 0 Å². The fourth-order valence-electron chi connectivity index (χ4n) is 5.52. The smallest absolute Gasteiger partial charge is 0.251 e. The lowest BCUT2D eigenvalue weighted by Crippen LogP contribution is -2.49. The van der Waals surface area contributed by atoms with E-state index in [9.17, 15) is 22.8 Å². The molecule has 0 fully saturated rings. The van der Waals surface area contributed by atoms with Gasteiger partial charge < -0.3 is 15.4 Å². The second kappa shape index (κ2) is 18.5. The van der Waals surface area contributed by atoms with Crippen molar-refractivity contribution in [2.75, 3.05) is 25.2 Å². The van der Waals surface area contributed by atoms with E-state index in [1.54, 1.807) is 24.5 Å². The number of ketones is 1. The second-order valence-corrected chi connectivity index (χ2v) is 16.3. The Bertz CT molecular complexity index is 1890. The van der Waals surface area contributed by atoms with Crippen LogP contribution in [0.3, 0.4) is 0 Å². The number of unbranched alkanes of at least 4 members (excludes halogenated alkanes) is 4. The molecule has 10 nitrogen and oxygen atoms in total. The van der Waals surface area contributed by atoms with Crippen LogP contribution in [0.5, 0.6) is 5.75 Å². The number of Topliss-reactive ketones (excluding diaryl/α,β-unsaturated/α-hetero) is 1. The van der Waals surface area contributed by atoms with E-state index in [4.69, 9.17) is 4.74 Å². The molecule has 0 unspecified atom stereocenters. The van der Waals surface area contributed by atoms with Crippen LogP contribution in [0, 0.1) is 0 Å². The number of carbonyl (C=O) groups excluding carboxylic acids is 3. The van der Waals surface area contributed by atoms with Gasteiger partial charge in [-0.25, -0.2) is 18.4 Å². The summed E-state index contributed by atoms with van der Waals surface area (Å²) in [6.07, 6.45) is 10.6. The number of carbonyl (C=O) groups is 3. The van der Waals surface area contributed by atoms with E-state index in [0.717, 1.165) is 46.2 Å². The molecule has 2 amide bonds. The minimum absolute atomic E-state index is 0.0934. The Morgan fingerprint density at radius 1 is 0.788 bits per heavy atom. The fraction of sp³-hybridized carbons (Fsp3) is 0.390. The van der Waals surface area contributed by atoms with E-state index in [0.29, 0.717) is 18.0 Å². The van der Waals surface area contributed by atoms with Crippen LogP contribution >= 0.6 is 0 Å². The molecule has 0 bridgehead atoms. The molecule has 3 aromatic carbocycles. The third kappa shape index (κ3) is 12.7. The van der Waals surface area contributed by atoms with E-state index in [-0.39, 0.29) is 11.8 Å². The largest absolute Gasteiger partial charge is 0.494 e. The van der Waals surface area contributed by atoms with Crippen LogP contribution in [0.4, 0.5) is 0 Å². The highest BCUT2D eigenvalue weighted by atomic mass is 32.2. The maximum atomic E-state index is 13.3. The van der Waals surface area contributed by atoms with Crippen LogP contribution in [0.2, 0.25) is 0 Å². The highest BCUT2D eigenvalue weighted by Crippen LogP contribution is 2.24. The van der Waals surface area contributed by atoms with Crippen LogP contribution in [0.25, 0.3) is 22.5 Å². The lowest BCUT2D eigenvalue weighted by atomic mass is 9.86. The monoisotopic (exact) mass is 726 g/mol. The summed E-state index contributed by atoms with van der Waals surface area (Å²) in [4.78, 5) is 47.8. The molecular formula is C41H50N4O6S. The van der Waals surface area contributed by atoms with Gasteiger partial charge in [0.2, 0.25) is 5.91 Å². The molecule has 0 aliphatic carbocycles. The number of benzene rings is 3. The van der Waals surface area contributed by atoms with Crippen LogP contribution in [0.1, 0.15) is 81.3 Å². The van der Waals surface area contributed by atoms with Crippen molar-refractivity contribution in [3.8, 4) is 28.3 Å². The first-order valence-electron chi connectivity index (χ1n) is 17.7. The predicted molar refractivity (Wildman–Crippen MR) is 205 cm³/mol. The van der Waals surface area contributed by atoms with Crippen molar-refractivity contribution in [1.82, 2.24) is 20.6 Å². The van der Waals surface area contributed by atoms with Gasteiger partial charge in [-0.1, -0.05) is 102 Å². The van der Waals surface area contributed by atoms with Crippen molar-refractivity contribution in [2.24, 2.45) is 0 Å². The first-order valence-corrected chi connectivity index (χ1v) is 19.8. The second-order valence-electron chi connectivity index (χ2n) is 14.2. The Hall–Kier alpha value is -4.90. The molecule has 1 atom stereocenters. The molecule has 276 valence electrons. The van der Waals surface area contributed by atoms with Gasteiger partial charge in [-0.2, -0.15) is 0 Å². The zero-order valence-corrected chi connectivity index (χ0v) is 31.6. The summed E-state index contributed by atoms with van der Waals surface area (Å²) >= 11 is 0. The summed E-state index contributed by atoms with van der Waals surface area (Å²) in [7, 11) is -3.55. The topological polar surface area (TPSA) is 144 Å². The Labute approximate surface area is 307 Å². The number of ether oxygens (including phenoxy) is 1. The van der Waals surface area contributed by atoms with Crippen molar-refractivity contribution in [2.45, 2.75) is 77.7 Å². The van der Waals surface area contributed by atoms with E-state index in [1.807, 2.05) is 60.7 Å². The van der Waals surface area contributed by atoms with Gasteiger partial charge in [0.1, 0.15) is 17.5 Å². The molecule has 4 aromatic rings. The summed E-state index contributed by atoms with van der Waals surface area (Å²) in [6.45, 7) is 8.68. The fourth-order valence-corrected chi connectivity index (χ4v) is 6.20. The number of hydrogen-bond donors (Lipinski definition) is 2. The Morgan fingerprint density at radius 3 is 2.00 bits per heavy atom. The normalized spacial score (nSPS) is 12.2. The predicted octanol–water partition coefficient (Wildman–Crippen LogP) is 6.53. The summed E-state index contributed by atoms with van der Waals surface area (Å²) in [6, 6.07) is 21.4.